The summed E-state index contributed by atoms with van der Waals surface area (Å²) in [6, 6.07) is 7.97. The monoisotopic (exact) mass is 325 g/mol. The predicted molar refractivity (Wildman–Crippen MR) is 95.2 cm³/mol. The van der Waals surface area contributed by atoms with Gasteiger partial charge in [-0.15, -0.1) is 0 Å². The zero-order valence-corrected chi connectivity index (χ0v) is 14.2. The Morgan fingerprint density at radius 3 is 2.46 bits per heavy atom. The molecule has 6 nitrogen and oxygen atoms in total. The summed E-state index contributed by atoms with van der Waals surface area (Å²) in [5.41, 5.74) is 3.47. The fraction of sp³-hybridized carbons (Fsp3) is 0.389. The average Bonchev–Trinajstić information content (AvgIpc) is 2.63. The first-order valence-corrected chi connectivity index (χ1v) is 8.24. The lowest BCUT2D eigenvalue weighted by molar-refractivity contribution is -0.129. The van der Waals surface area contributed by atoms with Crippen LogP contribution in [0.2, 0.25) is 0 Å². The van der Waals surface area contributed by atoms with Crippen LogP contribution < -0.4 is 10.2 Å². The molecule has 0 spiro atoms. The van der Waals surface area contributed by atoms with Crippen molar-refractivity contribution >= 4 is 17.5 Å². The minimum Gasteiger partial charge on any atom is -0.376 e. The van der Waals surface area contributed by atoms with E-state index in [0.29, 0.717) is 19.6 Å². The molecule has 1 fully saturated rings. The van der Waals surface area contributed by atoms with Crippen LogP contribution in [0, 0.1) is 13.8 Å². The number of nitrogens with one attached hydrogen (secondary N) is 1. The number of carbonyl (C=O) groups excluding carboxylic acids is 1. The molecule has 2 aromatic rings. The first-order valence-electron chi connectivity index (χ1n) is 8.24. The number of amides is 1. The highest BCUT2D eigenvalue weighted by atomic mass is 16.2. The largest absolute Gasteiger partial charge is 0.376 e. The van der Waals surface area contributed by atoms with Crippen LogP contribution in [0.4, 0.5) is 11.6 Å². The molecule has 0 aliphatic carbocycles. The summed E-state index contributed by atoms with van der Waals surface area (Å²) >= 11 is 0. The van der Waals surface area contributed by atoms with E-state index >= 15 is 0 Å². The van der Waals surface area contributed by atoms with E-state index in [1.54, 1.807) is 12.4 Å². The SMILES string of the molecule is Cc1ccc(NCC(=O)N2CCN(c3ncccn3)CC2)cc1C. The molecule has 24 heavy (non-hydrogen) atoms. The van der Waals surface area contributed by atoms with Crippen molar-refractivity contribution in [2.45, 2.75) is 13.8 Å². The number of nitrogens with zero attached hydrogens (tertiary/aromatic N) is 4. The number of carbonyl (C=O) groups is 1. The van der Waals surface area contributed by atoms with Gasteiger partial charge in [-0.05, 0) is 43.2 Å². The van der Waals surface area contributed by atoms with Crippen molar-refractivity contribution in [1.82, 2.24) is 14.9 Å². The lowest BCUT2D eigenvalue weighted by Gasteiger charge is -2.34. The van der Waals surface area contributed by atoms with Crippen molar-refractivity contribution < 1.29 is 4.79 Å². The van der Waals surface area contributed by atoms with Gasteiger partial charge in [-0.3, -0.25) is 4.79 Å². The third-order valence-corrected chi connectivity index (χ3v) is 4.42. The second-order valence-electron chi connectivity index (χ2n) is 6.07. The van der Waals surface area contributed by atoms with E-state index in [0.717, 1.165) is 24.7 Å². The topological polar surface area (TPSA) is 61.4 Å². The van der Waals surface area contributed by atoms with Crippen molar-refractivity contribution in [3.63, 3.8) is 0 Å². The standard InChI is InChI=1S/C18H23N5O/c1-14-4-5-16(12-15(14)2)21-13-17(24)22-8-10-23(11-9-22)18-19-6-3-7-20-18/h3-7,12,21H,8-11,13H2,1-2H3. The smallest absolute Gasteiger partial charge is 0.241 e. The van der Waals surface area contributed by atoms with Gasteiger partial charge in [0.25, 0.3) is 0 Å². The van der Waals surface area contributed by atoms with Gasteiger partial charge >= 0.3 is 0 Å². The molecule has 0 radical (unpaired) electrons. The van der Waals surface area contributed by atoms with Crippen LogP contribution in [0.15, 0.2) is 36.7 Å². The predicted octanol–water partition coefficient (Wildman–Crippen LogP) is 1.85. The van der Waals surface area contributed by atoms with Gasteiger partial charge in [0.1, 0.15) is 0 Å². The molecular weight excluding hydrogens is 302 g/mol. The fourth-order valence-electron chi connectivity index (χ4n) is 2.75. The number of rotatable bonds is 4. The third kappa shape index (κ3) is 3.82. The van der Waals surface area contributed by atoms with Crippen LogP contribution in [0.25, 0.3) is 0 Å². The third-order valence-electron chi connectivity index (χ3n) is 4.42. The van der Waals surface area contributed by atoms with Crippen LogP contribution in [0.3, 0.4) is 0 Å². The Hall–Kier alpha value is -2.63. The number of hydrogen-bond acceptors (Lipinski definition) is 5. The molecule has 1 aromatic carbocycles. The van der Waals surface area contributed by atoms with Crippen LogP contribution in [0.5, 0.6) is 0 Å². The minimum absolute atomic E-state index is 0.127. The van der Waals surface area contributed by atoms with Gasteiger partial charge in [-0.2, -0.15) is 0 Å². The van der Waals surface area contributed by atoms with E-state index in [1.165, 1.54) is 11.1 Å². The van der Waals surface area contributed by atoms with Crippen molar-refractivity contribution in [2.75, 3.05) is 42.9 Å². The van der Waals surface area contributed by atoms with Crippen LogP contribution >= 0.6 is 0 Å². The number of piperazine rings is 1. The highest BCUT2D eigenvalue weighted by Crippen LogP contribution is 2.14. The molecule has 1 aliphatic rings. The number of aryl methyl sites for hydroxylation is 2. The van der Waals surface area contributed by atoms with Crippen molar-refractivity contribution in [1.29, 1.82) is 0 Å². The van der Waals surface area contributed by atoms with Crippen molar-refractivity contribution in [3.05, 3.63) is 47.8 Å². The van der Waals surface area contributed by atoms with Gasteiger partial charge in [0, 0.05) is 44.3 Å². The van der Waals surface area contributed by atoms with E-state index in [-0.39, 0.29) is 5.91 Å². The quantitative estimate of drug-likeness (QED) is 0.930. The van der Waals surface area contributed by atoms with Gasteiger partial charge in [-0.25, -0.2) is 9.97 Å². The zero-order valence-electron chi connectivity index (χ0n) is 14.2. The molecule has 0 saturated carbocycles. The van der Waals surface area contributed by atoms with Gasteiger partial charge in [0.05, 0.1) is 6.54 Å². The van der Waals surface area contributed by atoms with E-state index in [9.17, 15) is 4.79 Å². The van der Waals surface area contributed by atoms with Crippen LogP contribution in [-0.2, 0) is 4.79 Å². The molecule has 0 bridgehead atoms. The Balaban J connectivity index is 1.49. The second-order valence-corrected chi connectivity index (χ2v) is 6.07. The highest BCUT2D eigenvalue weighted by Gasteiger charge is 2.22. The number of anilines is 2. The van der Waals surface area contributed by atoms with Crippen molar-refractivity contribution in [2.24, 2.45) is 0 Å². The molecule has 0 atom stereocenters. The molecule has 126 valence electrons. The maximum Gasteiger partial charge on any atom is 0.241 e. The van der Waals surface area contributed by atoms with Crippen molar-refractivity contribution in [3.8, 4) is 0 Å². The summed E-state index contributed by atoms with van der Waals surface area (Å²) in [5, 5.41) is 3.22. The first kappa shape index (κ1) is 16.2. The molecule has 1 amide bonds. The lowest BCUT2D eigenvalue weighted by Crippen LogP contribution is -2.50. The summed E-state index contributed by atoms with van der Waals surface area (Å²) in [6.45, 7) is 7.41. The Bertz CT molecular complexity index is 696. The fourth-order valence-corrected chi connectivity index (χ4v) is 2.75. The molecule has 1 saturated heterocycles. The number of aromatic nitrogens is 2. The average molecular weight is 325 g/mol. The van der Waals surface area contributed by atoms with Gasteiger partial charge in [-0.1, -0.05) is 6.07 Å². The summed E-state index contributed by atoms with van der Waals surface area (Å²) < 4.78 is 0. The molecule has 0 unspecified atom stereocenters. The summed E-state index contributed by atoms with van der Waals surface area (Å²) in [7, 11) is 0. The van der Waals surface area contributed by atoms with Crippen LogP contribution in [0.1, 0.15) is 11.1 Å². The summed E-state index contributed by atoms with van der Waals surface area (Å²) in [6.07, 6.45) is 3.49. The molecular formula is C18H23N5O. The Morgan fingerprint density at radius 1 is 1.08 bits per heavy atom. The first-order chi connectivity index (χ1) is 11.6. The Morgan fingerprint density at radius 2 is 1.79 bits per heavy atom. The molecule has 1 aromatic heterocycles. The van der Waals surface area contributed by atoms with E-state index in [4.69, 9.17) is 0 Å². The maximum absolute atomic E-state index is 12.4. The number of benzene rings is 1. The van der Waals surface area contributed by atoms with Gasteiger partial charge in [0.2, 0.25) is 11.9 Å². The minimum atomic E-state index is 0.127. The lowest BCUT2D eigenvalue weighted by atomic mass is 10.1. The molecule has 2 heterocycles. The summed E-state index contributed by atoms with van der Waals surface area (Å²) in [5.74, 6) is 0.861. The molecule has 6 heteroatoms. The van der Waals surface area contributed by atoms with E-state index in [1.807, 2.05) is 17.0 Å². The Labute approximate surface area is 142 Å². The normalized spacial score (nSPS) is 14.6. The highest BCUT2D eigenvalue weighted by molar-refractivity contribution is 5.81. The van der Waals surface area contributed by atoms with E-state index in [2.05, 4.69) is 46.2 Å². The zero-order chi connectivity index (χ0) is 16.9. The number of hydrogen-bond donors (Lipinski definition) is 1. The van der Waals surface area contributed by atoms with Gasteiger partial charge in [0.15, 0.2) is 0 Å². The summed E-state index contributed by atoms with van der Waals surface area (Å²) in [4.78, 5) is 24.9. The molecule has 1 aliphatic heterocycles. The Kier molecular flexibility index (Phi) is 4.93. The second kappa shape index (κ2) is 7.29. The van der Waals surface area contributed by atoms with Gasteiger partial charge < -0.3 is 15.1 Å². The molecule has 3 rings (SSSR count). The van der Waals surface area contributed by atoms with Crippen LogP contribution in [-0.4, -0.2) is 53.5 Å². The molecule has 1 N–H and O–H groups in total. The maximum atomic E-state index is 12.4. The van der Waals surface area contributed by atoms with E-state index < -0.39 is 0 Å².